The van der Waals surface area contributed by atoms with Crippen LogP contribution in [-0.2, 0) is 0 Å². The Morgan fingerprint density at radius 2 is 1.81 bits per heavy atom. The van der Waals surface area contributed by atoms with Crippen LogP contribution in [0.15, 0.2) is 18.5 Å². The summed E-state index contributed by atoms with van der Waals surface area (Å²) in [5.41, 5.74) is 1.10. The van der Waals surface area contributed by atoms with Crippen molar-refractivity contribution in [2.24, 2.45) is 34.5 Å². The van der Waals surface area contributed by atoms with Crippen LogP contribution in [0, 0.1) is 34.5 Å². The van der Waals surface area contributed by atoms with Gasteiger partial charge in [-0.2, -0.15) is 0 Å². The van der Waals surface area contributed by atoms with Crippen LogP contribution in [0.5, 0.6) is 6.01 Å². The Kier molecular flexibility index (Phi) is 4.06. The second kappa shape index (κ2) is 6.21. The van der Waals surface area contributed by atoms with Crippen molar-refractivity contribution in [1.29, 1.82) is 0 Å². The molecule has 1 heterocycles. The lowest BCUT2D eigenvalue weighted by Crippen LogP contribution is -2.51. The molecule has 0 aromatic carbocycles. The number of aromatic nitrogens is 2. The molecule has 7 atom stereocenters. The molecule has 4 aliphatic carbocycles. The van der Waals surface area contributed by atoms with Gasteiger partial charge in [-0.1, -0.05) is 26.7 Å². The minimum Gasteiger partial charge on any atom is -0.460 e. The molecule has 4 fully saturated rings. The third-order valence-electron chi connectivity index (χ3n) is 9.13. The van der Waals surface area contributed by atoms with Crippen molar-refractivity contribution in [2.45, 2.75) is 84.2 Å². The fourth-order valence-corrected chi connectivity index (χ4v) is 7.87. The van der Waals surface area contributed by atoms with Crippen LogP contribution in [0.2, 0.25) is 0 Å². The summed E-state index contributed by atoms with van der Waals surface area (Å²) in [5, 5.41) is 0. The fourth-order valence-electron chi connectivity index (χ4n) is 7.87. The maximum absolute atomic E-state index is 6.22. The van der Waals surface area contributed by atoms with E-state index >= 15 is 0 Å². The standard InChI is InChI=1S/C23H34N2O/c1-22-11-9-19-18(8-7-16-6-3-4-10-23(16,19)2)20(22)14-17(15-22)26-21-24-12-5-13-25-21/h5,12-13,16-20H,3-4,6-11,14-15H2,1-2H3/t16-,17+,18-,19+,20+,22-,23+/m1/s1. The molecule has 0 aliphatic heterocycles. The first-order valence-corrected chi connectivity index (χ1v) is 11.0. The Morgan fingerprint density at radius 1 is 0.962 bits per heavy atom. The van der Waals surface area contributed by atoms with Crippen molar-refractivity contribution in [1.82, 2.24) is 9.97 Å². The minimum absolute atomic E-state index is 0.308. The van der Waals surface area contributed by atoms with Gasteiger partial charge >= 0.3 is 6.01 Å². The van der Waals surface area contributed by atoms with E-state index in [9.17, 15) is 0 Å². The molecule has 0 N–H and O–H groups in total. The molecule has 0 radical (unpaired) electrons. The van der Waals surface area contributed by atoms with E-state index < -0.39 is 0 Å². The average molecular weight is 355 g/mol. The van der Waals surface area contributed by atoms with Crippen molar-refractivity contribution in [3.63, 3.8) is 0 Å². The van der Waals surface area contributed by atoms with E-state index in [0.29, 0.717) is 22.9 Å². The maximum Gasteiger partial charge on any atom is 0.316 e. The van der Waals surface area contributed by atoms with E-state index in [-0.39, 0.29) is 0 Å². The van der Waals surface area contributed by atoms with E-state index in [1.54, 1.807) is 12.4 Å². The molecule has 142 valence electrons. The largest absolute Gasteiger partial charge is 0.460 e. The molecule has 0 bridgehead atoms. The zero-order valence-electron chi connectivity index (χ0n) is 16.5. The van der Waals surface area contributed by atoms with Crippen molar-refractivity contribution in [3.05, 3.63) is 18.5 Å². The van der Waals surface area contributed by atoms with Gasteiger partial charge in [-0.15, -0.1) is 0 Å². The molecule has 5 rings (SSSR count). The van der Waals surface area contributed by atoms with Crippen LogP contribution in [0.3, 0.4) is 0 Å². The van der Waals surface area contributed by atoms with Gasteiger partial charge in [-0.25, -0.2) is 9.97 Å². The fraction of sp³-hybridized carbons (Fsp3) is 0.826. The van der Waals surface area contributed by atoms with E-state index in [1.807, 2.05) is 6.07 Å². The molecule has 0 spiro atoms. The first-order valence-electron chi connectivity index (χ1n) is 11.0. The summed E-state index contributed by atoms with van der Waals surface area (Å²) in [6, 6.07) is 2.43. The molecule has 3 nitrogen and oxygen atoms in total. The van der Waals surface area contributed by atoms with Gasteiger partial charge in [0.15, 0.2) is 0 Å². The predicted octanol–water partition coefficient (Wildman–Crippen LogP) is 5.66. The van der Waals surface area contributed by atoms with Crippen LogP contribution < -0.4 is 4.74 Å². The highest BCUT2D eigenvalue weighted by Crippen LogP contribution is 2.66. The predicted molar refractivity (Wildman–Crippen MR) is 103 cm³/mol. The van der Waals surface area contributed by atoms with Gasteiger partial charge in [-0.05, 0) is 91.9 Å². The number of rotatable bonds is 2. The van der Waals surface area contributed by atoms with Crippen molar-refractivity contribution in [3.8, 4) is 6.01 Å². The smallest absolute Gasteiger partial charge is 0.316 e. The Balaban J connectivity index is 1.36. The second-order valence-corrected chi connectivity index (χ2v) is 10.3. The van der Waals surface area contributed by atoms with Gasteiger partial charge < -0.3 is 4.74 Å². The first kappa shape index (κ1) is 17.0. The van der Waals surface area contributed by atoms with Crippen molar-refractivity contribution < 1.29 is 4.74 Å². The van der Waals surface area contributed by atoms with E-state index in [2.05, 4.69) is 23.8 Å². The lowest BCUT2D eigenvalue weighted by molar-refractivity contribution is -0.103. The van der Waals surface area contributed by atoms with Crippen LogP contribution in [0.1, 0.15) is 78.1 Å². The molecule has 26 heavy (non-hydrogen) atoms. The van der Waals surface area contributed by atoms with Gasteiger partial charge in [0.1, 0.15) is 6.10 Å². The summed E-state index contributed by atoms with van der Waals surface area (Å²) in [7, 11) is 0. The lowest BCUT2D eigenvalue weighted by atomic mass is 9.45. The molecular formula is C23H34N2O. The topological polar surface area (TPSA) is 35.0 Å². The van der Waals surface area contributed by atoms with Crippen molar-refractivity contribution in [2.75, 3.05) is 0 Å². The SMILES string of the molecule is C[C@]12CC[C@H]3[C@@H](CC[C@H]4CCCC[C@@]43C)[C@@H]1C[C@H](Oc1ncccn1)C2. The summed E-state index contributed by atoms with van der Waals surface area (Å²) in [6.07, 6.45) is 18.0. The zero-order chi connectivity index (χ0) is 17.8. The maximum atomic E-state index is 6.22. The Morgan fingerprint density at radius 3 is 2.65 bits per heavy atom. The third kappa shape index (κ3) is 2.60. The van der Waals surface area contributed by atoms with Crippen LogP contribution >= 0.6 is 0 Å². The summed E-state index contributed by atoms with van der Waals surface area (Å²) in [5.74, 6) is 3.74. The number of fused-ring (bicyclic) bond motifs is 5. The monoisotopic (exact) mass is 354 g/mol. The normalized spacial score (nSPS) is 47.5. The first-order chi connectivity index (χ1) is 12.6. The molecule has 1 aromatic rings. The average Bonchev–Trinajstić information content (AvgIpc) is 2.98. The number of ether oxygens (including phenoxy) is 1. The van der Waals surface area contributed by atoms with E-state index in [4.69, 9.17) is 4.74 Å². The summed E-state index contributed by atoms with van der Waals surface area (Å²) in [4.78, 5) is 8.59. The van der Waals surface area contributed by atoms with Gasteiger partial charge in [0, 0.05) is 12.4 Å². The molecule has 0 amide bonds. The van der Waals surface area contributed by atoms with Crippen LogP contribution in [0.4, 0.5) is 0 Å². The Labute approximate surface area is 158 Å². The second-order valence-electron chi connectivity index (χ2n) is 10.3. The minimum atomic E-state index is 0.308. The van der Waals surface area contributed by atoms with E-state index in [0.717, 1.165) is 23.7 Å². The quantitative estimate of drug-likeness (QED) is 0.687. The number of hydrogen-bond donors (Lipinski definition) is 0. The van der Waals surface area contributed by atoms with Gasteiger partial charge in [0.2, 0.25) is 0 Å². The zero-order valence-corrected chi connectivity index (χ0v) is 16.5. The number of hydrogen-bond acceptors (Lipinski definition) is 3. The van der Waals surface area contributed by atoms with Crippen LogP contribution in [-0.4, -0.2) is 16.1 Å². The Hall–Kier alpha value is -1.12. The molecular weight excluding hydrogens is 320 g/mol. The van der Waals surface area contributed by atoms with Gasteiger partial charge in [0.25, 0.3) is 0 Å². The summed E-state index contributed by atoms with van der Waals surface area (Å²) >= 11 is 0. The molecule has 0 unspecified atom stereocenters. The third-order valence-corrected chi connectivity index (χ3v) is 9.13. The van der Waals surface area contributed by atoms with Gasteiger partial charge in [0.05, 0.1) is 0 Å². The molecule has 4 saturated carbocycles. The lowest BCUT2D eigenvalue weighted by Gasteiger charge is -2.59. The number of nitrogens with zero attached hydrogens (tertiary/aromatic N) is 2. The highest BCUT2D eigenvalue weighted by molar-refractivity contribution is 5.09. The van der Waals surface area contributed by atoms with Crippen LogP contribution in [0.25, 0.3) is 0 Å². The summed E-state index contributed by atoms with van der Waals surface area (Å²) in [6.45, 7) is 5.22. The molecule has 3 heteroatoms. The van der Waals surface area contributed by atoms with Crippen molar-refractivity contribution >= 4 is 0 Å². The molecule has 4 aliphatic rings. The highest BCUT2D eigenvalue weighted by atomic mass is 16.5. The summed E-state index contributed by atoms with van der Waals surface area (Å²) < 4.78 is 6.22. The van der Waals surface area contributed by atoms with Gasteiger partial charge in [-0.3, -0.25) is 0 Å². The molecule has 0 saturated heterocycles. The molecule has 1 aromatic heterocycles. The Bertz CT molecular complexity index is 649. The van der Waals surface area contributed by atoms with E-state index in [1.165, 1.54) is 64.2 Å². The highest BCUT2D eigenvalue weighted by Gasteiger charge is 2.59.